The van der Waals surface area contributed by atoms with Crippen LogP contribution in [-0.2, 0) is 9.53 Å². The fourth-order valence-corrected chi connectivity index (χ4v) is 0.626. The molecule has 0 saturated carbocycles. The van der Waals surface area contributed by atoms with Crippen LogP contribution in [0.5, 0.6) is 0 Å². The second-order valence-corrected chi connectivity index (χ2v) is 2.38. The molecule has 0 heterocycles. The predicted molar refractivity (Wildman–Crippen MR) is 45.5 cm³/mol. The van der Waals surface area contributed by atoms with E-state index in [1.165, 1.54) is 0 Å². The zero-order valence-corrected chi connectivity index (χ0v) is 7.25. The molecule has 4 heteroatoms. The maximum Gasteiger partial charge on any atom is 0.244 e. The van der Waals surface area contributed by atoms with Gasteiger partial charge in [-0.15, -0.1) is 0 Å². The zero-order valence-electron chi connectivity index (χ0n) is 7.25. The highest BCUT2D eigenvalue weighted by atomic mass is 16.5. The molecule has 12 heavy (non-hydrogen) atoms. The van der Waals surface area contributed by atoms with Crippen LogP contribution in [0, 0.1) is 0 Å². The molecule has 0 fully saturated rings. The van der Waals surface area contributed by atoms with Gasteiger partial charge in [0.15, 0.2) is 0 Å². The summed E-state index contributed by atoms with van der Waals surface area (Å²) in [6.45, 7) is 2.53. The van der Waals surface area contributed by atoms with Gasteiger partial charge in [-0.3, -0.25) is 4.79 Å². The summed E-state index contributed by atoms with van der Waals surface area (Å²) < 4.78 is 4.97. The van der Waals surface area contributed by atoms with Gasteiger partial charge in [0.25, 0.3) is 0 Å². The lowest BCUT2D eigenvalue weighted by Crippen LogP contribution is -2.11. The summed E-state index contributed by atoms with van der Waals surface area (Å²) >= 11 is 0. The van der Waals surface area contributed by atoms with Crippen LogP contribution in [0.25, 0.3) is 0 Å². The molecule has 0 aliphatic heterocycles. The first kappa shape index (κ1) is 11.1. The number of ether oxygens (including phenoxy) is 1. The highest BCUT2D eigenvalue weighted by Crippen LogP contribution is 1.93. The molecule has 0 radical (unpaired) electrons. The fourth-order valence-electron chi connectivity index (χ4n) is 0.626. The number of hydrogen-bond acceptors (Lipinski definition) is 3. The van der Waals surface area contributed by atoms with Crippen LogP contribution in [0.2, 0.25) is 0 Å². The van der Waals surface area contributed by atoms with Crippen molar-refractivity contribution in [3.05, 3.63) is 11.6 Å². The van der Waals surface area contributed by atoms with E-state index >= 15 is 0 Å². The van der Waals surface area contributed by atoms with Gasteiger partial charge in [-0.05, 0) is 13.3 Å². The summed E-state index contributed by atoms with van der Waals surface area (Å²) in [4.78, 5) is 10.5. The second-order valence-electron chi connectivity index (χ2n) is 2.38. The van der Waals surface area contributed by atoms with Gasteiger partial charge in [0.2, 0.25) is 5.91 Å². The number of aliphatic hydroxyl groups is 1. The van der Waals surface area contributed by atoms with E-state index in [0.717, 1.165) is 0 Å². The monoisotopic (exact) mass is 173 g/mol. The largest absolute Gasteiger partial charge is 0.394 e. The number of nitrogens with two attached hydrogens (primary N) is 1. The summed E-state index contributed by atoms with van der Waals surface area (Å²) in [5.74, 6) is -0.405. The molecule has 4 nitrogen and oxygen atoms in total. The van der Waals surface area contributed by atoms with Crippen LogP contribution < -0.4 is 5.73 Å². The molecule has 0 rings (SSSR count). The third kappa shape index (κ3) is 5.88. The van der Waals surface area contributed by atoms with E-state index in [-0.39, 0.29) is 6.61 Å². The van der Waals surface area contributed by atoms with Crippen LogP contribution in [0.4, 0.5) is 0 Å². The highest BCUT2D eigenvalue weighted by Gasteiger charge is 1.94. The molecule has 0 aromatic carbocycles. The van der Waals surface area contributed by atoms with Gasteiger partial charge in [0.05, 0.1) is 19.8 Å². The molecule has 3 N–H and O–H groups in total. The lowest BCUT2D eigenvalue weighted by Gasteiger charge is -1.98. The maximum absolute atomic E-state index is 10.5. The van der Waals surface area contributed by atoms with E-state index in [1.54, 1.807) is 13.0 Å². The number of amides is 1. The molecular weight excluding hydrogens is 158 g/mol. The Hall–Kier alpha value is -0.870. The number of rotatable bonds is 6. The van der Waals surface area contributed by atoms with Gasteiger partial charge in [0.1, 0.15) is 0 Å². The van der Waals surface area contributed by atoms with Crippen molar-refractivity contribution >= 4 is 5.91 Å². The summed E-state index contributed by atoms with van der Waals surface area (Å²) in [5.41, 5.74) is 5.53. The SMILES string of the molecule is CC(=CCCOCCO)C(N)=O. The lowest BCUT2D eigenvalue weighted by atomic mass is 10.2. The minimum Gasteiger partial charge on any atom is -0.394 e. The van der Waals surface area contributed by atoms with Crippen LogP contribution in [0.1, 0.15) is 13.3 Å². The Morgan fingerprint density at radius 1 is 1.58 bits per heavy atom. The van der Waals surface area contributed by atoms with Crippen molar-refractivity contribution in [2.24, 2.45) is 5.73 Å². The summed E-state index contributed by atoms with van der Waals surface area (Å²) in [5, 5.41) is 8.35. The second kappa shape index (κ2) is 6.82. The van der Waals surface area contributed by atoms with E-state index < -0.39 is 5.91 Å². The minimum absolute atomic E-state index is 0.0263. The van der Waals surface area contributed by atoms with E-state index in [1.807, 2.05) is 0 Å². The molecule has 0 spiro atoms. The summed E-state index contributed by atoms with van der Waals surface area (Å²) in [6, 6.07) is 0. The van der Waals surface area contributed by atoms with Crippen LogP contribution >= 0.6 is 0 Å². The Morgan fingerprint density at radius 3 is 2.75 bits per heavy atom. The van der Waals surface area contributed by atoms with Gasteiger partial charge in [0, 0.05) is 5.57 Å². The third-order valence-corrected chi connectivity index (χ3v) is 1.34. The molecule has 0 saturated heterocycles. The minimum atomic E-state index is -0.405. The van der Waals surface area contributed by atoms with Crippen LogP contribution in [0.15, 0.2) is 11.6 Å². The normalized spacial score (nSPS) is 11.7. The average molecular weight is 173 g/mol. The fraction of sp³-hybridized carbons (Fsp3) is 0.625. The molecular formula is C8H15NO3. The summed E-state index contributed by atoms with van der Waals surface area (Å²) in [7, 11) is 0. The molecule has 1 amide bonds. The van der Waals surface area contributed by atoms with Crippen molar-refractivity contribution in [2.45, 2.75) is 13.3 Å². The van der Waals surface area contributed by atoms with Gasteiger partial charge >= 0.3 is 0 Å². The number of carbonyl (C=O) groups excluding carboxylic acids is 1. The van der Waals surface area contributed by atoms with Gasteiger partial charge in [-0.25, -0.2) is 0 Å². The third-order valence-electron chi connectivity index (χ3n) is 1.34. The lowest BCUT2D eigenvalue weighted by molar-refractivity contribution is -0.114. The molecule has 0 aromatic heterocycles. The van der Waals surface area contributed by atoms with Crippen LogP contribution in [0.3, 0.4) is 0 Å². The Labute approximate surface area is 72.0 Å². The molecule has 0 aliphatic rings. The van der Waals surface area contributed by atoms with Gasteiger partial charge in [-0.1, -0.05) is 6.08 Å². The standard InChI is InChI=1S/C8H15NO3/c1-7(8(9)11)3-2-5-12-6-4-10/h3,10H,2,4-6H2,1H3,(H2,9,11). The molecule has 0 aromatic rings. The molecule has 0 aliphatic carbocycles. The molecule has 0 atom stereocenters. The smallest absolute Gasteiger partial charge is 0.244 e. The molecule has 70 valence electrons. The predicted octanol–water partition coefficient (Wildman–Crippen LogP) is -0.183. The Morgan fingerprint density at radius 2 is 2.25 bits per heavy atom. The first-order valence-corrected chi connectivity index (χ1v) is 3.83. The number of carbonyl (C=O) groups is 1. The van der Waals surface area contributed by atoms with Crippen molar-refractivity contribution in [1.82, 2.24) is 0 Å². The van der Waals surface area contributed by atoms with E-state index in [9.17, 15) is 4.79 Å². The van der Waals surface area contributed by atoms with Crippen molar-refractivity contribution in [1.29, 1.82) is 0 Å². The average Bonchev–Trinajstić information content (AvgIpc) is 2.03. The summed E-state index contributed by atoms with van der Waals surface area (Å²) in [6.07, 6.45) is 2.37. The van der Waals surface area contributed by atoms with Gasteiger partial charge in [-0.2, -0.15) is 0 Å². The first-order chi connectivity index (χ1) is 5.68. The van der Waals surface area contributed by atoms with Crippen molar-refractivity contribution < 1.29 is 14.6 Å². The number of aliphatic hydroxyl groups excluding tert-OH is 1. The van der Waals surface area contributed by atoms with E-state index in [2.05, 4.69) is 0 Å². The quantitative estimate of drug-likeness (QED) is 0.432. The number of hydrogen-bond donors (Lipinski definition) is 2. The maximum atomic E-state index is 10.5. The van der Waals surface area contributed by atoms with Crippen molar-refractivity contribution in [3.8, 4) is 0 Å². The highest BCUT2D eigenvalue weighted by molar-refractivity contribution is 5.91. The first-order valence-electron chi connectivity index (χ1n) is 3.83. The molecule has 0 unspecified atom stereocenters. The zero-order chi connectivity index (χ0) is 9.40. The number of primary amides is 1. The van der Waals surface area contributed by atoms with E-state index in [4.69, 9.17) is 15.6 Å². The van der Waals surface area contributed by atoms with Crippen molar-refractivity contribution in [2.75, 3.05) is 19.8 Å². The topological polar surface area (TPSA) is 72.6 Å². The Kier molecular flexibility index (Phi) is 6.32. The Balaban J connectivity index is 3.40. The Bertz CT molecular complexity index is 166. The van der Waals surface area contributed by atoms with Gasteiger partial charge < -0.3 is 15.6 Å². The van der Waals surface area contributed by atoms with Crippen LogP contribution in [-0.4, -0.2) is 30.8 Å². The molecule has 0 bridgehead atoms. The van der Waals surface area contributed by atoms with E-state index in [0.29, 0.717) is 25.2 Å². The van der Waals surface area contributed by atoms with Crippen molar-refractivity contribution in [3.63, 3.8) is 0 Å².